The minimum atomic E-state index is -2.92. The Kier molecular flexibility index (Phi) is 7.03. The lowest BCUT2D eigenvalue weighted by atomic mass is 10.2. The minimum Gasteiger partial charge on any atom is -0.435 e. The van der Waals surface area contributed by atoms with Crippen LogP contribution >= 0.6 is 11.8 Å². The van der Waals surface area contributed by atoms with Crippen molar-refractivity contribution in [3.05, 3.63) is 60.2 Å². The molecule has 31 heavy (non-hydrogen) atoms. The minimum absolute atomic E-state index is 0.000668. The van der Waals surface area contributed by atoms with Gasteiger partial charge in [-0.05, 0) is 43.3 Å². The Morgan fingerprint density at radius 1 is 1.06 bits per heavy atom. The summed E-state index contributed by atoms with van der Waals surface area (Å²) in [7, 11) is 0. The number of nitrogen functional groups attached to an aromatic ring is 1. The number of nitrogens with two attached hydrogens (primary N) is 1. The number of benzene rings is 2. The fraction of sp³-hybridized carbons (Fsp3) is 0.158. The molecular weight excluding hydrogens is 430 g/mol. The van der Waals surface area contributed by atoms with E-state index in [0.717, 1.165) is 11.8 Å². The van der Waals surface area contributed by atoms with Crippen LogP contribution in [0.25, 0.3) is 11.4 Å². The van der Waals surface area contributed by atoms with Gasteiger partial charge < -0.3 is 10.6 Å². The molecule has 3 rings (SSSR count). The highest BCUT2D eigenvalue weighted by molar-refractivity contribution is 8.00. The number of rotatable bonds is 7. The fourth-order valence-electron chi connectivity index (χ4n) is 2.43. The summed E-state index contributed by atoms with van der Waals surface area (Å²) < 4.78 is 30.0. The van der Waals surface area contributed by atoms with Gasteiger partial charge in [0.2, 0.25) is 5.16 Å². The van der Waals surface area contributed by atoms with Crippen LogP contribution in [0.3, 0.4) is 0 Å². The molecule has 162 valence electrons. The number of ether oxygens (including phenoxy) is 1. The molecule has 0 radical (unpaired) electrons. The van der Waals surface area contributed by atoms with E-state index in [-0.39, 0.29) is 16.7 Å². The first-order valence-electron chi connectivity index (χ1n) is 8.93. The van der Waals surface area contributed by atoms with E-state index in [1.165, 1.54) is 28.9 Å². The zero-order chi connectivity index (χ0) is 22.4. The number of carbonyl (C=O) groups excluding carboxylic acids is 2. The van der Waals surface area contributed by atoms with Gasteiger partial charge in [0.1, 0.15) is 5.75 Å². The first-order valence-corrected chi connectivity index (χ1v) is 9.80. The van der Waals surface area contributed by atoms with Crippen LogP contribution in [0.4, 0.5) is 8.78 Å². The molecule has 0 aliphatic rings. The van der Waals surface area contributed by atoms with Gasteiger partial charge in [0.05, 0.1) is 5.25 Å². The Balaban J connectivity index is 1.59. The molecule has 0 fully saturated rings. The molecule has 0 saturated heterocycles. The van der Waals surface area contributed by atoms with Crippen molar-refractivity contribution in [3.8, 4) is 17.1 Å². The first-order chi connectivity index (χ1) is 14.8. The second kappa shape index (κ2) is 9.89. The van der Waals surface area contributed by atoms with Gasteiger partial charge in [-0.1, -0.05) is 30.0 Å². The molecule has 0 aliphatic carbocycles. The fourth-order valence-corrected chi connectivity index (χ4v) is 3.20. The van der Waals surface area contributed by atoms with Crippen molar-refractivity contribution in [2.45, 2.75) is 23.9 Å². The summed E-state index contributed by atoms with van der Waals surface area (Å²) in [6, 6.07) is 14.2. The van der Waals surface area contributed by atoms with Crippen molar-refractivity contribution in [1.29, 1.82) is 0 Å². The Labute approximate surface area is 179 Å². The van der Waals surface area contributed by atoms with Gasteiger partial charge in [0.25, 0.3) is 11.8 Å². The van der Waals surface area contributed by atoms with Gasteiger partial charge in [-0.3, -0.25) is 20.4 Å². The highest BCUT2D eigenvalue weighted by atomic mass is 32.2. The average Bonchev–Trinajstić information content (AvgIpc) is 3.12. The van der Waals surface area contributed by atoms with Gasteiger partial charge in [-0.2, -0.15) is 8.78 Å². The van der Waals surface area contributed by atoms with Crippen molar-refractivity contribution >= 4 is 23.6 Å². The summed E-state index contributed by atoms with van der Waals surface area (Å²) in [5.41, 5.74) is 5.61. The van der Waals surface area contributed by atoms with E-state index >= 15 is 0 Å². The molecule has 2 aromatic carbocycles. The largest absolute Gasteiger partial charge is 0.435 e. The molecule has 4 N–H and O–H groups in total. The van der Waals surface area contributed by atoms with Gasteiger partial charge in [0, 0.05) is 11.1 Å². The number of hydrogen-bond acceptors (Lipinski definition) is 7. The van der Waals surface area contributed by atoms with E-state index in [1.807, 2.05) is 0 Å². The number of halogens is 2. The number of nitrogens with one attached hydrogen (secondary N) is 2. The molecular formula is C19H18F2N6O3S. The van der Waals surface area contributed by atoms with Gasteiger partial charge >= 0.3 is 6.61 Å². The maximum absolute atomic E-state index is 12.3. The second-order valence-corrected chi connectivity index (χ2v) is 7.46. The SMILES string of the molecule is C[C@H](Sc1nnc(-c2ccc(OC(F)F)cc2)n1N)C(=O)NNC(=O)c1ccccc1. The van der Waals surface area contributed by atoms with E-state index in [1.54, 1.807) is 37.3 Å². The molecule has 1 aromatic heterocycles. The van der Waals surface area contributed by atoms with E-state index in [9.17, 15) is 18.4 Å². The third-order valence-corrected chi connectivity index (χ3v) is 5.05. The summed E-state index contributed by atoms with van der Waals surface area (Å²) in [6.45, 7) is -1.31. The molecule has 0 saturated carbocycles. The molecule has 3 aromatic rings. The lowest BCUT2D eigenvalue weighted by Crippen LogP contribution is -2.45. The molecule has 0 spiro atoms. The highest BCUT2D eigenvalue weighted by Crippen LogP contribution is 2.26. The number of aromatic nitrogens is 3. The summed E-state index contributed by atoms with van der Waals surface area (Å²) in [5, 5.41) is 7.53. The van der Waals surface area contributed by atoms with E-state index in [4.69, 9.17) is 5.84 Å². The summed E-state index contributed by atoms with van der Waals surface area (Å²) in [5.74, 6) is 5.38. The lowest BCUT2D eigenvalue weighted by molar-refractivity contribution is -0.121. The third-order valence-electron chi connectivity index (χ3n) is 3.99. The summed E-state index contributed by atoms with van der Waals surface area (Å²) in [4.78, 5) is 24.3. The predicted molar refractivity (Wildman–Crippen MR) is 110 cm³/mol. The standard InChI is InChI=1S/C19H18F2N6O3S/c1-11(16(28)24-25-17(29)13-5-3-2-4-6-13)31-19-26-23-15(27(19)22)12-7-9-14(10-8-12)30-18(20)21/h2-11,18H,22H2,1H3,(H,24,28)(H,25,29)/t11-/m0/s1. The monoisotopic (exact) mass is 448 g/mol. The van der Waals surface area contributed by atoms with Crippen molar-refractivity contribution in [2.75, 3.05) is 5.84 Å². The Bertz CT molecular complexity index is 1050. The molecule has 12 heteroatoms. The topological polar surface area (TPSA) is 124 Å². The zero-order valence-electron chi connectivity index (χ0n) is 16.2. The number of hydrazine groups is 1. The molecule has 0 aliphatic heterocycles. The van der Waals surface area contributed by atoms with Crippen molar-refractivity contribution in [2.24, 2.45) is 0 Å². The quantitative estimate of drug-likeness (QED) is 0.288. The van der Waals surface area contributed by atoms with Crippen LogP contribution in [0.5, 0.6) is 5.75 Å². The maximum atomic E-state index is 12.3. The van der Waals surface area contributed by atoms with Crippen molar-refractivity contribution in [3.63, 3.8) is 0 Å². The predicted octanol–water partition coefficient (Wildman–Crippen LogP) is 2.20. The van der Waals surface area contributed by atoms with Crippen molar-refractivity contribution < 1.29 is 23.1 Å². The van der Waals surface area contributed by atoms with Gasteiger partial charge in [-0.25, -0.2) is 4.68 Å². The van der Waals surface area contributed by atoms with Crippen molar-refractivity contribution in [1.82, 2.24) is 25.7 Å². The zero-order valence-corrected chi connectivity index (χ0v) is 17.0. The van der Waals surface area contributed by atoms with Crippen LogP contribution in [0, 0.1) is 0 Å². The number of amides is 2. The Morgan fingerprint density at radius 2 is 1.74 bits per heavy atom. The molecule has 9 nitrogen and oxygen atoms in total. The Hall–Kier alpha value is -3.67. The molecule has 2 amide bonds. The van der Waals surface area contributed by atoms with E-state index < -0.39 is 23.7 Å². The highest BCUT2D eigenvalue weighted by Gasteiger charge is 2.20. The molecule has 0 unspecified atom stereocenters. The summed E-state index contributed by atoms with van der Waals surface area (Å²) >= 11 is 1.03. The third kappa shape index (κ3) is 5.69. The number of thioether (sulfide) groups is 1. The Morgan fingerprint density at radius 3 is 2.39 bits per heavy atom. The van der Waals surface area contributed by atoms with Crippen LogP contribution in [0.2, 0.25) is 0 Å². The maximum Gasteiger partial charge on any atom is 0.387 e. The van der Waals surface area contributed by atoms with Gasteiger partial charge in [-0.15, -0.1) is 10.2 Å². The number of hydrogen-bond donors (Lipinski definition) is 3. The summed E-state index contributed by atoms with van der Waals surface area (Å²) in [6.07, 6.45) is 0. The molecule has 0 bridgehead atoms. The average molecular weight is 448 g/mol. The lowest BCUT2D eigenvalue weighted by Gasteiger charge is -2.12. The second-order valence-electron chi connectivity index (χ2n) is 6.15. The first kappa shape index (κ1) is 22.0. The smallest absolute Gasteiger partial charge is 0.387 e. The normalized spacial score (nSPS) is 11.7. The van der Waals surface area contributed by atoms with Crippen LogP contribution in [0.15, 0.2) is 59.8 Å². The number of carbonyl (C=O) groups is 2. The van der Waals surface area contributed by atoms with Gasteiger partial charge in [0.15, 0.2) is 5.82 Å². The molecule has 1 heterocycles. The number of alkyl halides is 2. The van der Waals surface area contributed by atoms with E-state index in [2.05, 4.69) is 25.8 Å². The van der Waals surface area contributed by atoms with Crippen LogP contribution in [0.1, 0.15) is 17.3 Å². The van der Waals surface area contributed by atoms with Crippen LogP contribution < -0.4 is 21.4 Å². The molecule has 1 atom stereocenters. The number of nitrogens with zero attached hydrogens (tertiary/aromatic N) is 3. The van der Waals surface area contributed by atoms with Crippen LogP contribution in [-0.2, 0) is 4.79 Å². The van der Waals surface area contributed by atoms with E-state index in [0.29, 0.717) is 11.1 Å². The van der Waals surface area contributed by atoms with Crippen LogP contribution in [-0.4, -0.2) is 38.5 Å².